The molecule has 0 radical (unpaired) electrons. The summed E-state index contributed by atoms with van der Waals surface area (Å²) < 4.78 is 5.43. The molecule has 1 N–H and O–H groups in total. The smallest absolute Gasteiger partial charge is 0.227 e. The first-order chi connectivity index (χ1) is 12.2. The maximum Gasteiger partial charge on any atom is 0.227 e. The molecule has 136 valence electrons. The van der Waals surface area contributed by atoms with Crippen LogP contribution in [0.1, 0.15) is 43.3 Å². The number of amides is 1. The summed E-state index contributed by atoms with van der Waals surface area (Å²) in [6.07, 6.45) is 5.76. The van der Waals surface area contributed by atoms with E-state index in [9.17, 15) is 4.79 Å². The van der Waals surface area contributed by atoms with E-state index in [1.54, 1.807) is 6.26 Å². The molecule has 6 nitrogen and oxygen atoms in total. The van der Waals surface area contributed by atoms with Gasteiger partial charge in [-0.25, -0.2) is 0 Å². The van der Waals surface area contributed by atoms with Crippen LogP contribution in [0, 0.1) is 5.92 Å². The predicted molar refractivity (Wildman–Crippen MR) is 95.8 cm³/mol. The molecular weight excluding hydrogens is 316 g/mol. The summed E-state index contributed by atoms with van der Waals surface area (Å²) in [7, 11) is 1.88. The summed E-state index contributed by atoms with van der Waals surface area (Å²) in [5, 5.41) is 7.35. The summed E-state index contributed by atoms with van der Waals surface area (Å²) in [5.41, 5.74) is 2.07. The molecule has 1 fully saturated rings. The number of nitrogens with zero attached hydrogens (tertiary/aromatic N) is 3. The lowest BCUT2D eigenvalue weighted by atomic mass is 9.96. The van der Waals surface area contributed by atoms with Crippen LogP contribution in [0.25, 0.3) is 0 Å². The molecule has 1 atom stereocenters. The number of H-pyrrole nitrogens is 1. The second-order valence-corrected chi connectivity index (χ2v) is 6.98. The van der Waals surface area contributed by atoms with Crippen LogP contribution in [0.4, 0.5) is 0 Å². The Morgan fingerprint density at radius 2 is 2.40 bits per heavy atom. The molecule has 2 aromatic heterocycles. The van der Waals surface area contributed by atoms with Crippen LogP contribution in [-0.2, 0) is 24.3 Å². The third kappa shape index (κ3) is 4.72. The van der Waals surface area contributed by atoms with Crippen LogP contribution in [0.15, 0.2) is 28.9 Å². The van der Waals surface area contributed by atoms with Gasteiger partial charge in [0.1, 0.15) is 5.76 Å². The van der Waals surface area contributed by atoms with Crippen LogP contribution in [-0.4, -0.2) is 46.0 Å². The van der Waals surface area contributed by atoms with Gasteiger partial charge >= 0.3 is 0 Å². The van der Waals surface area contributed by atoms with Crippen molar-refractivity contribution in [3.8, 4) is 0 Å². The van der Waals surface area contributed by atoms with E-state index in [-0.39, 0.29) is 11.8 Å². The molecular formula is C19H28N4O2. The van der Waals surface area contributed by atoms with Gasteiger partial charge in [-0.15, -0.1) is 0 Å². The molecule has 6 heteroatoms. The minimum atomic E-state index is 0.0618. The number of aryl methyl sites for hydroxylation is 1. The number of aromatic nitrogens is 2. The van der Waals surface area contributed by atoms with Gasteiger partial charge in [0.15, 0.2) is 0 Å². The van der Waals surface area contributed by atoms with Gasteiger partial charge in [0.25, 0.3) is 0 Å². The highest BCUT2D eigenvalue weighted by atomic mass is 16.3. The Kier molecular flexibility index (Phi) is 5.91. The first-order valence-corrected chi connectivity index (χ1v) is 9.18. The van der Waals surface area contributed by atoms with Crippen LogP contribution in [0.3, 0.4) is 0 Å². The molecule has 3 rings (SSSR count). The molecule has 0 aliphatic carbocycles. The summed E-state index contributed by atoms with van der Waals surface area (Å²) in [4.78, 5) is 17.0. The van der Waals surface area contributed by atoms with E-state index >= 15 is 0 Å². The zero-order valence-electron chi connectivity index (χ0n) is 15.2. The number of aromatic amines is 1. The number of rotatable bonds is 7. The monoisotopic (exact) mass is 344 g/mol. The fourth-order valence-corrected chi connectivity index (χ4v) is 3.54. The van der Waals surface area contributed by atoms with E-state index in [0.29, 0.717) is 6.54 Å². The quantitative estimate of drug-likeness (QED) is 0.839. The molecule has 3 heterocycles. The number of carbonyl (C=O) groups excluding carboxylic acids is 1. The third-order valence-electron chi connectivity index (χ3n) is 4.79. The standard InChI is InChI=1S/C19H28N4O2/c1-3-6-16-11-17(21-20-16)13-22(2)19(24)15-7-4-9-23(12-15)14-18-8-5-10-25-18/h5,8,10-11,15H,3-4,6-7,9,12-14H2,1-2H3,(H,20,21)/t15-/m1/s1. The summed E-state index contributed by atoms with van der Waals surface area (Å²) in [6, 6.07) is 5.97. The van der Waals surface area contributed by atoms with E-state index in [1.165, 1.54) is 0 Å². The normalized spacial score (nSPS) is 18.4. The lowest BCUT2D eigenvalue weighted by molar-refractivity contribution is -0.136. The number of furan rings is 1. The zero-order chi connectivity index (χ0) is 17.6. The van der Waals surface area contributed by atoms with E-state index in [1.807, 2.05) is 24.1 Å². The second kappa shape index (κ2) is 8.34. The average Bonchev–Trinajstić information content (AvgIpc) is 3.27. The SMILES string of the molecule is CCCc1cc(CN(C)C(=O)[C@@H]2CCCN(Cc3ccco3)C2)[nH]n1. The van der Waals surface area contributed by atoms with Crippen molar-refractivity contribution >= 4 is 5.91 Å². The maximum absolute atomic E-state index is 12.8. The van der Waals surface area contributed by atoms with Gasteiger partial charge in [-0.2, -0.15) is 5.10 Å². The van der Waals surface area contributed by atoms with Gasteiger partial charge in [0, 0.05) is 13.6 Å². The molecule has 25 heavy (non-hydrogen) atoms. The van der Waals surface area contributed by atoms with E-state index < -0.39 is 0 Å². The second-order valence-electron chi connectivity index (χ2n) is 6.98. The largest absolute Gasteiger partial charge is 0.468 e. The highest BCUT2D eigenvalue weighted by Crippen LogP contribution is 2.21. The lowest BCUT2D eigenvalue weighted by Crippen LogP contribution is -2.43. The molecule has 1 saturated heterocycles. The number of piperidine rings is 1. The van der Waals surface area contributed by atoms with Gasteiger partial charge in [-0.1, -0.05) is 13.3 Å². The maximum atomic E-state index is 12.8. The zero-order valence-corrected chi connectivity index (χ0v) is 15.2. The van der Waals surface area contributed by atoms with Gasteiger partial charge in [0.2, 0.25) is 5.91 Å². The Labute approximate surface area is 149 Å². The van der Waals surface area contributed by atoms with Crippen molar-refractivity contribution in [2.24, 2.45) is 5.92 Å². The Balaban J connectivity index is 1.53. The molecule has 1 aliphatic rings. The molecule has 0 saturated carbocycles. The van der Waals surface area contributed by atoms with Crippen molar-refractivity contribution in [2.75, 3.05) is 20.1 Å². The highest BCUT2D eigenvalue weighted by Gasteiger charge is 2.28. The van der Waals surface area contributed by atoms with Crippen molar-refractivity contribution in [1.29, 1.82) is 0 Å². The van der Waals surface area contributed by atoms with Crippen LogP contribution in [0.5, 0.6) is 0 Å². The molecule has 0 aromatic carbocycles. The van der Waals surface area contributed by atoms with Crippen molar-refractivity contribution in [1.82, 2.24) is 20.0 Å². The van der Waals surface area contributed by atoms with Crippen molar-refractivity contribution in [3.05, 3.63) is 41.6 Å². The van der Waals surface area contributed by atoms with Crippen LogP contribution >= 0.6 is 0 Å². The van der Waals surface area contributed by atoms with Crippen LogP contribution < -0.4 is 0 Å². The number of hydrogen-bond acceptors (Lipinski definition) is 4. The molecule has 1 amide bonds. The van der Waals surface area contributed by atoms with Crippen LogP contribution in [0.2, 0.25) is 0 Å². The molecule has 0 bridgehead atoms. The first kappa shape index (κ1) is 17.7. The number of nitrogens with one attached hydrogen (secondary N) is 1. The highest BCUT2D eigenvalue weighted by molar-refractivity contribution is 5.78. The minimum Gasteiger partial charge on any atom is -0.468 e. The molecule has 0 unspecified atom stereocenters. The Bertz CT molecular complexity index is 665. The topological polar surface area (TPSA) is 65.4 Å². The fourth-order valence-electron chi connectivity index (χ4n) is 3.54. The average molecular weight is 344 g/mol. The summed E-state index contributed by atoms with van der Waals surface area (Å²) in [5.74, 6) is 1.24. The van der Waals surface area contributed by atoms with E-state index in [2.05, 4.69) is 28.1 Å². The number of hydrogen-bond donors (Lipinski definition) is 1. The Hall–Kier alpha value is -2.08. The third-order valence-corrected chi connectivity index (χ3v) is 4.79. The van der Waals surface area contributed by atoms with Crippen molar-refractivity contribution in [3.63, 3.8) is 0 Å². The van der Waals surface area contributed by atoms with E-state index in [0.717, 1.165) is 62.5 Å². The van der Waals surface area contributed by atoms with E-state index in [4.69, 9.17) is 4.42 Å². The van der Waals surface area contributed by atoms with Crippen molar-refractivity contribution in [2.45, 2.75) is 45.7 Å². The number of carbonyl (C=O) groups is 1. The minimum absolute atomic E-state index is 0.0618. The summed E-state index contributed by atoms with van der Waals surface area (Å²) in [6.45, 7) is 5.33. The lowest BCUT2D eigenvalue weighted by Gasteiger charge is -2.33. The number of likely N-dealkylation sites (tertiary alicyclic amines) is 1. The Morgan fingerprint density at radius 3 is 3.16 bits per heavy atom. The summed E-state index contributed by atoms with van der Waals surface area (Å²) >= 11 is 0. The van der Waals surface area contributed by atoms with Gasteiger partial charge in [-0.05, 0) is 44.0 Å². The molecule has 0 spiro atoms. The predicted octanol–water partition coefficient (Wildman–Crippen LogP) is 2.83. The van der Waals surface area contributed by atoms with Crippen molar-refractivity contribution < 1.29 is 9.21 Å². The van der Waals surface area contributed by atoms with Gasteiger partial charge in [-0.3, -0.25) is 14.8 Å². The van der Waals surface area contributed by atoms with Gasteiger partial charge in [0.05, 0.1) is 36.7 Å². The Morgan fingerprint density at radius 1 is 1.52 bits per heavy atom. The van der Waals surface area contributed by atoms with Gasteiger partial charge < -0.3 is 9.32 Å². The molecule has 1 aliphatic heterocycles. The molecule has 2 aromatic rings. The fraction of sp³-hybridized carbons (Fsp3) is 0.579. The first-order valence-electron chi connectivity index (χ1n) is 9.18.